The van der Waals surface area contributed by atoms with E-state index in [1.54, 1.807) is 12.1 Å². The smallest absolute Gasteiger partial charge is 0.241 e. The minimum absolute atomic E-state index is 0.0184. The molecule has 292 valence electrons. The second-order valence-electron chi connectivity index (χ2n) is 14.8. The van der Waals surface area contributed by atoms with Crippen LogP contribution in [-0.2, 0) is 43.9 Å². The Hall–Kier alpha value is -4.72. The van der Waals surface area contributed by atoms with Crippen molar-refractivity contribution in [3.63, 3.8) is 0 Å². The lowest BCUT2D eigenvalue weighted by Crippen LogP contribution is -2.47. The predicted octanol–water partition coefficient (Wildman–Crippen LogP) is 5.97. The third kappa shape index (κ3) is 10.2. The SMILES string of the molecule is Cc1ccc(S(=O)(=O)N[C@H](Cc2ccccc2)C(=O)NCc2cccc(-c3ccc([C@@H]4O[C@H](CN5CC[C@H](O)C5)C[C@H](c5ccc(CO)cc5)O4)cc3)c2)cc1. The molecular weight excluding hydrogens is 727 g/mol. The largest absolute Gasteiger partial charge is 0.392 e. The minimum atomic E-state index is -3.96. The Kier molecular flexibility index (Phi) is 12.7. The van der Waals surface area contributed by atoms with E-state index in [0.29, 0.717) is 19.5 Å². The number of aryl methyl sites for hydroxylation is 1. The maximum Gasteiger partial charge on any atom is 0.241 e. The van der Waals surface area contributed by atoms with Gasteiger partial charge in [-0.25, -0.2) is 8.42 Å². The molecule has 0 unspecified atom stereocenters. The van der Waals surface area contributed by atoms with Crippen LogP contribution in [0.2, 0.25) is 0 Å². The first-order chi connectivity index (χ1) is 27.1. The van der Waals surface area contributed by atoms with Gasteiger partial charge in [-0.15, -0.1) is 0 Å². The highest BCUT2D eigenvalue weighted by Gasteiger charge is 2.34. The molecule has 11 heteroatoms. The molecule has 0 aliphatic carbocycles. The number of ether oxygens (including phenoxy) is 2. The molecule has 0 bridgehead atoms. The van der Waals surface area contributed by atoms with Gasteiger partial charge < -0.3 is 25.0 Å². The highest BCUT2D eigenvalue weighted by Crippen LogP contribution is 2.39. The molecule has 1 amide bonds. The summed E-state index contributed by atoms with van der Waals surface area (Å²) in [6.07, 6.45) is 0.433. The van der Waals surface area contributed by atoms with E-state index >= 15 is 0 Å². The molecule has 5 aromatic rings. The lowest BCUT2D eigenvalue weighted by molar-refractivity contribution is -0.252. The first-order valence-corrected chi connectivity index (χ1v) is 20.6. The second kappa shape index (κ2) is 18.0. The molecule has 4 N–H and O–H groups in total. The van der Waals surface area contributed by atoms with E-state index in [-0.39, 0.29) is 42.8 Å². The average molecular weight is 776 g/mol. The third-order valence-electron chi connectivity index (χ3n) is 10.5. The van der Waals surface area contributed by atoms with Crippen LogP contribution >= 0.6 is 0 Å². The second-order valence-corrected chi connectivity index (χ2v) is 16.5. The normalized spacial score (nSPS) is 20.8. The number of hydrogen-bond donors (Lipinski definition) is 4. The number of likely N-dealkylation sites (tertiary alicyclic amines) is 1. The lowest BCUT2D eigenvalue weighted by atomic mass is 9.99. The van der Waals surface area contributed by atoms with Gasteiger partial charge in [-0.1, -0.05) is 115 Å². The highest BCUT2D eigenvalue weighted by atomic mass is 32.2. The molecular formula is C45H49N3O7S. The minimum Gasteiger partial charge on any atom is -0.392 e. The summed E-state index contributed by atoms with van der Waals surface area (Å²) >= 11 is 0. The zero-order valence-corrected chi connectivity index (χ0v) is 32.3. The highest BCUT2D eigenvalue weighted by molar-refractivity contribution is 7.89. The summed E-state index contributed by atoms with van der Waals surface area (Å²) in [6, 6.07) is 38.7. The van der Waals surface area contributed by atoms with Crippen molar-refractivity contribution >= 4 is 15.9 Å². The van der Waals surface area contributed by atoms with Crippen LogP contribution in [-0.4, -0.2) is 67.3 Å². The predicted molar refractivity (Wildman–Crippen MR) is 215 cm³/mol. The Morgan fingerprint density at radius 1 is 0.821 bits per heavy atom. The lowest BCUT2D eigenvalue weighted by Gasteiger charge is -2.37. The van der Waals surface area contributed by atoms with Crippen LogP contribution < -0.4 is 10.0 Å². The topological polar surface area (TPSA) is 137 Å². The Labute approximate surface area is 329 Å². The maximum atomic E-state index is 13.6. The van der Waals surface area contributed by atoms with Gasteiger partial charge in [-0.3, -0.25) is 9.69 Å². The van der Waals surface area contributed by atoms with Crippen molar-refractivity contribution in [1.82, 2.24) is 14.9 Å². The van der Waals surface area contributed by atoms with Crippen molar-refractivity contribution in [2.24, 2.45) is 0 Å². The molecule has 56 heavy (non-hydrogen) atoms. The fourth-order valence-corrected chi connectivity index (χ4v) is 8.51. The molecule has 2 aliphatic heterocycles. The van der Waals surface area contributed by atoms with E-state index in [0.717, 1.165) is 57.5 Å². The number of sulfonamides is 1. The van der Waals surface area contributed by atoms with Crippen LogP contribution in [0.5, 0.6) is 0 Å². The molecule has 2 fully saturated rings. The number of hydrogen-bond acceptors (Lipinski definition) is 8. The molecule has 2 heterocycles. The van der Waals surface area contributed by atoms with Gasteiger partial charge in [0.25, 0.3) is 0 Å². The van der Waals surface area contributed by atoms with Crippen LogP contribution in [0.3, 0.4) is 0 Å². The molecule has 0 spiro atoms. The molecule has 0 saturated carbocycles. The molecule has 7 rings (SSSR count). The number of carbonyl (C=O) groups excluding carboxylic acids is 1. The van der Waals surface area contributed by atoms with Gasteiger partial charge in [0.1, 0.15) is 6.04 Å². The zero-order valence-electron chi connectivity index (χ0n) is 31.5. The summed E-state index contributed by atoms with van der Waals surface area (Å²) in [5.74, 6) is -0.423. The monoisotopic (exact) mass is 775 g/mol. The van der Waals surface area contributed by atoms with E-state index in [9.17, 15) is 23.4 Å². The zero-order chi connectivity index (χ0) is 39.1. The summed E-state index contributed by atoms with van der Waals surface area (Å²) in [7, 11) is -3.96. The molecule has 2 saturated heterocycles. The number of amides is 1. The molecule has 5 aromatic carbocycles. The molecule has 0 aromatic heterocycles. The van der Waals surface area contributed by atoms with Gasteiger partial charge >= 0.3 is 0 Å². The number of aliphatic hydroxyl groups excluding tert-OH is 2. The average Bonchev–Trinajstić information content (AvgIpc) is 3.64. The van der Waals surface area contributed by atoms with Gasteiger partial charge in [-0.05, 0) is 71.3 Å². The first kappa shape index (κ1) is 39.5. The summed E-state index contributed by atoms with van der Waals surface area (Å²) in [5.41, 5.74) is 7.33. The number of nitrogens with one attached hydrogen (secondary N) is 2. The van der Waals surface area contributed by atoms with E-state index in [1.807, 2.05) is 110 Å². The number of rotatable bonds is 14. The Morgan fingerprint density at radius 3 is 2.23 bits per heavy atom. The number of aliphatic hydroxyl groups is 2. The fourth-order valence-electron chi connectivity index (χ4n) is 7.32. The fraction of sp³-hybridized carbons (Fsp3) is 0.311. The van der Waals surface area contributed by atoms with Crippen molar-refractivity contribution in [3.05, 3.63) is 161 Å². The van der Waals surface area contributed by atoms with Gasteiger partial charge in [-0.2, -0.15) is 4.72 Å². The number of benzene rings is 5. The summed E-state index contributed by atoms with van der Waals surface area (Å²) in [4.78, 5) is 16.0. The molecule has 2 aliphatic rings. The van der Waals surface area contributed by atoms with Crippen molar-refractivity contribution in [2.75, 3.05) is 19.6 Å². The van der Waals surface area contributed by atoms with Crippen LogP contribution in [0.4, 0.5) is 0 Å². The van der Waals surface area contributed by atoms with Crippen molar-refractivity contribution in [2.45, 2.75) is 74.9 Å². The summed E-state index contributed by atoms with van der Waals surface area (Å²) in [6.45, 7) is 4.25. The first-order valence-electron chi connectivity index (χ1n) is 19.1. The van der Waals surface area contributed by atoms with Crippen molar-refractivity contribution in [3.8, 4) is 11.1 Å². The molecule has 5 atom stereocenters. The quantitative estimate of drug-likeness (QED) is 0.108. The van der Waals surface area contributed by atoms with Gasteiger partial charge in [0, 0.05) is 38.2 Å². The number of nitrogens with zero attached hydrogens (tertiary/aromatic N) is 1. The van der Waals surface area contributed by atoms with Gasteiger partial charge in [0.05, 0.1) is 29.8 Å². The van der Waals surface area contributed by atoms with E-state index in [2.05, 4.69) is 14.9 Å². The van der Waals surface area contributed by atoms with E-state index in [1.165, 1.54) is 12.1 Å². The molecule has 0 radical (unpaired) electrons. The standard InChI is InChI=1S/C45H49N3O7S/c1-31-10-20-41(21-11-31)56(52,53)47-42(25-32-6-3-2-4-7-32)44(51)46-27-34-8-5-9-38(24-34)35-16-18-37(19-17-35)45-54-40(29-48-23-22-39(50)28-48)26-43(55-45)36-14-12-33(30-49)13-15-36/h2-21,24,39-40,42-43,45,47,49-50H,22-23,25-30H2,1H3,(H,46,51)/t39-,40-,42+,43+,45+/m0/s1. The van der Waals surface area contributed by atoms with Crippen molar-refractivity contribution < 1.29 is 32.9 Å². The van der Waals surface area contributed by atoms with Crippen LogP contribution in [0.15, 0.2) is 132 Å². The Morgan fingerprint density at radius 2 is 1.54 bits per heavy atom. The maximum absolute atomic E-state index is 13.6. The number of β-amino-alcohol motifs (C(OH)–C–C–N with tert-alkyl or cyclic N) is 1. The van der Waals surface area contributed by atoms with Gasteiger partial charge in [0.2, 0.25) is 15.9 Å². The number of carbonyl (C=O) groups is 1. The van der Waals surface area contributed by atoms with E-state index in [4.69, 9.17) is 9.47 Å². The van der Waals surface area contributed by atoms with Crippen LogP contribution in [0, 0.1) is 6.92 Å². The van der Waals surface area contributed by atoms with Crippen LogP contribution in [0.25, 0.3) is 11.1 Å². The molecule has 10 nitrogen and oxygen atoms in total. The van der Waals surface area contributed by atoms with E-state index < -0.39 is 28.3 Å². The Balaban J connectivity index is 1.03. The van der Waals surface area contributed by atoms with Crippen molar-refractivity contribution in [1.29, 1.82) is 0 Å². The summed E-state index contributed by atoms with van der Waals surface area (Å²) in [5, 5.41) is 22.6. The third-order valence-corrected chi connectivity index (χ3v) is 11.9. The summed E-state index contributed by atoms with van der Waals surface area (Å²) < 4.78 is 42.4. The van der Waals surface area contributed by atoms with Crippen LogP contribution in [0.1, 0.15) is 58.6 Å². The Bertz CT molecular complexity index is 2160. The van der Waals surface area contributed by atoms with Gasteiger partial charge in [0.15, 0.2) is 6.29 Å².